The molecule has 140 valence electrons. The summed E-state index contributed by atoms with van der Waals surface area (Å²) in [6.07, 6.45) is -0.575. The summed E-state index contributed by atoms with van der Waals surface area (Å²) < 4.78 is 31.6. The lowest BCUT2D eigenvalue weighted by molar-refractivity contribution is -0.138. The summed E-state index contributed by atoms with van der Waals surface area (Å²) >= 11 is 0. The lowest BCUT2D eigenvalue weighted by atomic mass is 9.97. The van der Waals surface area contributed by atoms with Crippen LogP contribution in [0, 0.1) is 22.7 Å². The van der Waals surface area contributed by atoms with Crippen LogP contribution in [0.3, 0.4) is 0 Å². The van der Waals surface area contributed by atoms with Crippen LogP contribution in [0.25, 0.3) is 0 Å². The van der Waals surface area contributed by atoms with E-state index in [0.717, 1.165) is 0 Å². The first kappa shape index (κ1) is 24.6. The molecular formula is C12H18N4O8S. The van der Waals surface area contributed by atoms with Crippen LogP contribution in [0.4, 0.5) is 0 Å². The van der Waals surface area contributed by atoms with Gasteiger partial charge in [0.1, 0.15) is 0 Å². The molecule has 0 fully saturated rings. The highest BCUT2D eigenvalue weighted by molar-refractivity contribution is 7.79. The molecule has 0 spiro atoms. The van der Waals surface area contributed by atoms with Gasteiger partial charge in [-0.3, -0.25) is 18.7 Å². The Morgan fingerprint density at radius 1 is 0.920 bits per heavy atom. The van der Waals surface area contributed by atoms with Crippen molar-refractivity contribution in [2.75, 3.05) is 0 Å². The van der Waals surface area contributed by atoms with E-state index in [-0.39, 0.29) is 25.7 Å². The Balaban J connectivity index is 0. The van der Waals surface area contributed by atoms with Crippen molar-refractivity contribution in [3.63, 3.8) is 0 Å². The Hall–Kier alpha value is -2.61. The summed E-state index contributed by atoms with van der Waals surface area (Å²) in [5.74, 6) is -2.12. The minimum Gasteiger partial charge on any atom is -0.481 e. The van der Waals surface area contributed by atoms with Crippen molar-refractivity contribution in [2.45, 2.75) is 50.6 Å². The van der Waals surface area contributed by atoms with Crippen LogP contribution in [0.5, 0.6) is 0 Å². The van der Waals surface area contributed by atoms with Crippen LogP contribution in [0.2, 0.25) is 0 Å². The van der Waals surface area contributed by atoms with Gasteiger partial charge in [0.05, 0.1) is 12.1 Å². The topological polar surface area (TPSA) is 221 Å². The van der Waals surface area contributed by atoms with Crippen LogP contribution >= 0.6 is 0 Å². The standard InChI is InChI=1S/C12H16N4O4.H2O4S/c1-11(7-13,5-3-9(17)18)15-16-12(2,8-14)6-4-10(19)20;1-5(2,3)4/h3-6H2,1-2H3,(H,17,18)(H,19,20);(H2,1,2,3,4). The van der Waals surface area contributed by atoms with Crippen LogP contribution in [0.15, 0.2) is 10.2 Å². The Morgan fingerprint density at radius 3 is 1.32 bits per heavy atom. The van der Waals surface area contributed by atoms with E-state index in [4.69, 9.17) is 38.3 Å². The Morgan fingerprint density at radius 2 is 1.16 bits per heavy atom. The molecule has 0 rings (SSSR count). The fourth-order valence-corrected chi connectivity index (χ4v) is 1.18. The average Bonchev–Trinajstić information content (AvgIpc) is 2.47. The van der Waals surface area contributed by atoms with Crippen molar-refractivity contribution in [1.29, 1.82) is 10.5 Å². The highest BCUT2D eigenvalue weighted by atomic mass is 32.3. The van der Waals surface area contributed by atoms with E-state index in [1.807, 2.05) is 12.1 Å². The molecule has 25 heavy (non-hydrogen) atoms. The molecular weight excluding hydrogens is 360 g/mol. The molecule has 0 aromatic heterocycles. The molecule has 0 bridgehead atoms. The fourth-order valence-electron chi connectivity index (χ4n) is 1.18. The number of rotatable bonds is 8. The third-order valence-corrected chi connectivity index (χ3v) is 2.62. The van der Waals surface area contributed by atoms with Crippen LogP contribution in [-0.4, -0.2) is 50.8 Å². The summed E-state index contributed by atoms with van der Waals surface area (Å²) in [4.78, 5) is 21.0. The van der Waals surface area contributed by atoms with Gasteiger partial charge >= 0.3 is 22.3 Å². The lowest BCUT2D eigenvalue weighted by Gasteiger charge is -2.18. The van der Waals surface area contributed by atoms with E-state index in [0.29, 0.717) is 0 Å². The summed E-state index contributed by atoms with van der Waals surface area (Å²) in [6.45, 7) is 2.82. The third kappa shape index (κ3) is 16.0. The lowest BCUT2D eigenvalue weighted by Crippen LogP contribution is -2.25. The number of hydrogen-bond acceptors (Lipinski definition) is 8. The molecule has 0 saturated heterocycles. The molecule has 13 heteroatoms. The number of aliphatic carboxylic acids is 2. The number of carboxylic acids is 2. The van der Waals surface area contributed by atoms with Crippen LogP contribution < -0.4 is 0 Å². The minimum atomic E-state index is -4.67. The van der Waals surface area contributed by atoms with Crippen LogP contribution in [0.1, 0.15) is 39.5 Å². The zero-order valence-electron chi connectivity index (χ0n) is 13.4. The number of azo groups is 1. The third-order valence-electron chi connectivity index (χ3n) is 2.62. The number of nitriles is 2. The molecule has 0 saturated carbocycles. The quantitative estimate of drug-likeness (QED) is 0.347. The van der Waals surface area contributed by atoms with E-state index in [2.05, 4.69) is 10.2 Å². The monoisotopic (exact) mass is 378 g/mol. The summed E-state index contributed by atoms with van der Waals surface area (Å²) in [5.41, 5.74) is -2.69. The molecule has 0 aliphatic heterocycles. The summed E-state index contributed by atoms with van der Waals surface area (Å²) in [7, 11) is -4.67. The molecule has 0 radical (unpaired) electrons. The minimum absolute atomic E-state index is 0.0389. The van der Waals surface area contributed by atoms with Gasteiger partial charge in [0.2, 0.25) is 0 Å². The van der Waals surface area contributed by atoms with Gasteiger partial charge in [-0.15, -0.1) is 0 Å². The maximum atomic E-state index is 10.5. The largest absolute Gasteiger partial charge is 0.481 e. The molecule has 0 amide bonds. The number of carbonyl (C=O) groups is 2. The van der Waals surface area contributed by atoms with E-state index in [9.17, 15) is 9.59 Å². The first-order valence-corrected chi connectivity index (χ1v) is 7.96. The summed E-state index contributed by atoms with van der Waals surface area (Å²) in [6, 6.07) is 3.69. The molecule has 4 N–H and O–H groups in total. The average molecular weight is 378 g/mol. The molecule has 2 atom stereocenters. The number of nitrogens with zero attached hydrogens (tertiary/aromatic N) is 4. The van der Waals surface area contributed by atoms with Gasteiger partial charge < -0.3 is 10.2 Å². The van der Waals surface area contributed by atoms with Crippen molar-refractivity contribution < 1.29 is 37.3 Å². The van der Waals surface area contributed by atoms with Gasteiger partial charge in [0, 0.05) is 12.8 Å². The van der Waals surface area contributed by atoms with Gasteiger partial charge in [0.15, 0.2) is 11.1 Å². The second-order valence-corrected chi connectivity index (χ2v) is 6.10. The highest BCUT2D eigenvalue weighted by Gasteiger charge is 2.29. The van der Waals surface area contributed by atoms with Crippen molar-refractivity contribution in [2.24, 2.45) is 10.2 Å². The van der Waals surface area contributed by atoms with Gasteiger partial charge in [-0.2, -0.15) is 29.2 Å². The SMILES string of the molecule is CC(C#N)(CCC(=O)O)N=NC(C)(C#N)CCC(=O)O.O=S(=O)(O)O. The zero-order chi connectivity index (χ0) is 20.3. The number of carboxylic acid groups (broad SMARTS) is 2. The first-order valence-electron chi connectivity index (χ1n) is 6.56. The van der Waals surface area contributed by atoms with E-state index in [1.54, 1.807) is 0 Å². The first-order chi connectivity index (χ1) is 11.2. The highest BCUT2D eigenvalue weighted by Crippen LogP contribution is 2.23. The molecule has 2 unspecified atom stereocenters. The second-order valence-electron chi connectivity index (χ2n) is 5.21. The van der Waals surface area contributed by atoms with Crippen molar-refractivity contribution in [3.8, 4) is 12.1 Å². The molecule has 0 aromatic carbocycles. The Kier molecular flexibility index (Phi) is 10.1. The van der Waals surface area contributed by atoms with Crippen molar-refractivity contribution >= 4 is 22.3 Å². The molecule has 12 nitrogen and oxygen atoms in total. The van der Waals surface area contributed by atoms with Crippen molar-refractivity contribution in [1.82, 2.24) is 0 Å². The van der Waals surface area contributed by atoms with Gasteiger partial charge in [-0.05, 0) is 26.7 Å². The zero-order valence-corrected chi connectivity index (χ0v) is 14.3. The Bertz CT molecular complexity index is 641. The van der Waals surface area contributed by atoms with Gasteiger partial charge in [-0.1, -0.05) is 0 Å². The second kappa shape index (κ2) is 10.3. The predicted octanol–water partition coefficient (Wildman–Crippen LogP) is 1.08. The molecule has 0 heterocycles. The van der Waals surface area contributed by atoms with Crippen molar-refractivity contribution in [3.05, 3.63) is 0 Å². The van der Waals surface area contributed by atoms with E-state index < -0.39 is 33.4 Å². The van der Waals surface area contributed by atoms with E-state index >= 15 is 0 Å². The molecule has 0 aromatic rings. The predicted molar refractivity (Wildman–Crippen MR) is 80.8 cm³/mol. The maximum Gasteiger partial charge on any atom is 0.394 e. The summed E-state index contributed by atoms with van der Waals surface area (Å²) in [5, 5.41) is 42.7. The van der Waals surface area contributed by atoms with E-state index in [1.165, 1.54) is 13.8 Å². The van der Waals surface area contributed by atoms with Crippen LogP contribution in [-0.2, 0) is 20.0 Å². The molecule has 0 aliphatic rings. The normalized spacial score (nSPS) is 15.6. The number of hydrogen-bond donors (Lipinski definition) is 4. The van der Waals surface area contributed by atoms with Gasteiger partial charge in [-0.25, -0.2) is 0 Å². The maximum absolute atomic E-state index is 10.5. The smallest absolute Gasteiger partial charge is 0.394 e. The molecule has 0 aliphatic carbocycles. The Labute approximate surface area is 144 Å². The van der Waals surface area contributed by atoms with Gasteiger partial charge in [0.25, 0.3) is 0 Å². The fraction of sp³-hybridized carbons (Fsp3) is 0.667.